The van der Waals surface area contributed by atoms with Crippen LogP contribution < -0.4 is 0 Å². The molecule has 1 amide bonds. The monoisotopic (exact) mass is 496 g/mol. The number of aryl methyl sites for hydroxylation is 1. The van der Waals surface area contributed by atoms with Crippen molar-refractivity contribution in [2.75, 3.05) is 26.2 Å². The van der Waals surface area contributed by atoms with Crippen LogP contribution in [0.1, 0.15) is 16.1 Å². The summed E-state index contributed by atoms with van der Waals surface area (Å²) < 4.78 is 32.8. The Hall–Kier alpha value is -3.27. The molecule has 0 bridgehead atoms. The fourth-order valence-corrected chi connectivity index (χ4v) is 6.03. The average Bonchev–Trinajstić information content (AvgIpc) is 3.24. The van der Waals surface area contributed by atoms with Crippen LogP contribution in [0.5, 0.6) is 0 Å². The number of sulfonamides is 1. The molecule has 0 aliphatic carbocycles. The van der Waals surface area contributed by atoms with Gasteiger partial charge in [0.25, 0.3) is 11.6 Å². The van der Waals surface area contributed by atoms with Crippen LogP contribution >= 0.6 is 11.6 Å². The Morgan fingerprint density at radius 3 is 2.38 bits per heavy atom. The molecule has 0 atom stereocenters. The van der Waals surface area contributed by atoms with E-state index in [0.717, 1.165) is 5.56 Å². The molecule has 2 aromatic carbocycles. The van der Waals surface area contributed by atoms with Crippen molar-refractivity contribution in [1.29, 1.82) is 0 Å². The molecule has 4 aromatic rings. The van der Waals surface area contributed by atoms with E-state index in [1.54, 1.807) is 36.1 Å². The van der Waals surface area contributed by atoms with Crippen molar-refractivity contribution in [1.82, 2.24) is 19.3 Å². The molecule has 0 saturated carbocycles. The molecule has 174 valence electrons. The number of hydrogen-bond acceptors (Lipinski definition) is 6. The maximum absolute atomic E-state index is 13.6. The molecular formula is C24H21ClN4O4S. The number of amides is 1. The summed E-state index contributed by atoms with van der Waals surface area (Å²) in [5.41, 5.74) is 2.76. The number of rotatable bonds is 4. The van der Waals surface area contributed by atoms with Gasteiger partial charge in [-0.15, -0.1) is 0 Å². The van der Waals surface area contributed by atoms with E-state index in [1.165, 1.54) is 10.4 Å². The van der Waals surface area contributed by atoms with Crippen molar-refractivity contribution in [3.05, 3.63) is 76.9 Å². The fourth-order valence-electron chi connectivity index (χ4n) is 4.12. The summed E-state index contributed by atoms with van der Waals surface area (Å²) in [6.45, 7) is 2.60. The third-order valence-electron chi connectivity index (χ3n) is 5.90. The van der Waals surface area contributed by atoms with Crippen LogP contribution in [0.3, 0.4) is 0 Å². The molecular weight excluding hydrogens is 476 g/mol. The molecule has 1 aliphatic rings. The molecule has 1 saturated heterocycles. The molecule has 1 fully saturated rings. The van der Waals surface area contributed by atoms with Crippen molar-refractivity contribution < 1.29 is 17.7 Å². The van der Waals surface area contributed by atoms with Gasteiger partial charge in [-0.25, -0.2) is 13.4 Å². The highest BCUT2D eigenvalue weighted by Crippen LogP contribution is 2.29. The second kappa shape index (κ2) is 8.83. The summed E-state index contributed by atoms with van der Waals surface area (Å²) >= 11 is 6.12. The lowest BCUT2D eigenvalue weighted by Crippen LogP contribution is -2.50. The molecule has 0 spiro atoms. The van der Waals surface area contributed by atoms with Crippen LogP contribution in [0, 0.1) is 6.92 Å². The normalized spacial score (nSPS) is 15.1. The van der Waals surface area contributed by atoms with Crippen molar-refractivity contribution in [2.24, 2.45) is 0 Å². The van der Waals surface area contributed by atoms with E-state index in [4.69, 9.17) is 16.1 Å². The summed E-state index contributed by atoms with van der Waals surface area (Å²) in [6.07, 6.45) is 0. The minimum Gasteiger partial charge on any atom is -0.336 e. The van der Waals surface area contributed by atoms with Gasteiger partial charge in [-0.05, 0) is 25.1 Å². The smallest absolute Gasteiger partial charge is 0.259 e. The first-order chi connectivity index (χ1) is 16.4. The molecule has 1 aliphatic heterocycles. The number of carbonyl (C=O) groups excluding carboxylic acids is 1. The molecule has 10 heteroatoms. The van der Waals surface area contributed by atoms with Gasteiger partial charge in [-0.2, -0.15) is 4.31 Å². The van der Waals surface area contributed by atoms with Crippen LogP contribution in [-0.4, -0.2) is 59.8 Å². The number of pyridine rings is 1. The van der Waals surface area contributed by atoms with Gasteiger partial charge in [-0.1, -0.05) is 59.2 Å². The molecule has 0 radical (unpaired) electrons. The molecule has 34 heavy (non-hydrogen) atoms. The predicted molar refractivity (Wildman–Crippen MR) is 128 cm³/mol. The quantitative estimate of drug-likeness (QED) is 0.423. The SMILES string of the molecule is Cc1noc2nc(-c3ccccc3)cc(C(=O)N3CCN(S(=O)(=O)c4ccccc4Cl)CC3)c12. The first-order valence-corrected chi connectivity index (χ1v) is 12.5. The van der Waals surface area contributed by atoms with Crippen molar-refractivity contribution in [3.63, 3.8) is 0 Å². The Morgan fingerprint density at radius 1 is 1.00 bits per heavy atom. The van der Waals surface area contributed by atoms with Gasteiger partial charge in [0.05, 0.1) is 27.4 Å². The van der Waals surface area contributed by atoms with Crippen molar-refractivity contribution >= 4 is 38.6 Å². The lowest BCUT2D eigenvalue weighted by atomic mass is 10.0. The summed E-state index contributed by atoms with van der Waals surface area (Å²) in [5, 5.41) is 4.74. The number of aromatic nitrogens is 2. The first kappa shape index (κ1) is 22.5. The van der Waals surface area contributed by atoms with Gasteiger partial charge < -0.3 is 9.42 Å². The summed E-state index contributed by atoms with van der Waals surface area (Å²) in [7, 11) is -3.75. The molecule has 5 rings (SSSR count). The van der Waals surface area contributed by atoms with Gasteiger partial charge in [0.2, 0.25) is 10.0 Å². The zero-order valence-corrected chi connectivity index (χ0v) is 19.9. The molecule has 0 unspecified atom stereocenters. The van der Waals surface area contributed by atoms with Gasteiger partial charge in [-0.3, -0.25) is 4.79 Å². The minimum atomic E-state index is -3.75. The van der Waals surface area contributed by atoms with E-state index < -0.39 is 10.0 Å². The Morgan fingerprint density at radius 2 is 1.68 bits per heavy atom. The van der Waals surface area contributed by atoms with E-state index in [-0.39, 0.29) is 42.0 Å². The van der Waals surface area contributed by atoms with Gasteiger partial charge in [0.1, 0.15) is 4.90 Å². The topological polar surface area (TPSA) is 96.6 Å². The van der Waals surface area contributed by atoms with E-state index in [0.29, 0.717) is 28.1 Å². The van der Waals surface area contributed by atoms with Gasteiger partial charge in [0.15, 0.2) is 0 Å². The van der Waals surface area contributed by atoms with E-state index in [9.17, 15) is 13.2 Å². The van der Waals surface area contributed by atoms with E-state index in [1.807, 2.05) is 30.3 Å². The summed E-state index contributed by atoms with van der Waals surface area (Å²) in [6, 6.07) is 17.6. The molecule has 8 nitrogen and oxygen atoms in total. The highest BCUT2D eigenvalue weighted by molar-refractivity contribution is 7.89. The number of piperazine rings is 1. The van der Waals surface area contributed by atoms with Crippen LogP contribution in [0.15, 0.2) is 70.1 Å². The number of hydrogen-bond donors (Lipinski definition) is 0. The third kappa shape index (κ3) is 3.96. The lowest BCUT2D eigenvalue weighted by molar-refractivity contribution is 0.0699. The lowest BCUT2D eigenvalue weighted by Gasteiger charge is -2.34. The zero-order valence-electron chi connectivity index (χ0n) is 18.3. The highest BCUT2D eigenvalue weighted by Gasteiger charge is 2.32. The van der Waals surface area contributed by atoms with Crippen LogP contribution in [0.2, 0.25) is 5.02 Å². The second-order valence-corrected chi connectivity index (χ2v) is 10.3. The maximum Gasteiger partial charge on any atom is 0.259 e. The highest BCUT2D eigenvalue weighted by atomic mass is 35.5. The number of fused-ring (bicyclic) bond motifs is 1. The minimum absolute atomic E-state index is 0.0693. The zero-order chi connectivity index (χ0) is 23.9. The number of benzene rings is 2. The Bertz CT molecular complexity index is 1480. The second-order valence-electron chi connectivity index (χ2n) is 8.00. The van der Waals surface area contributed by atoms with Crippen LogP contribution in [0.4, 0.5) is 0 Å². The Labute approximate surface area is 201 Å². The Kier molecular flexibility index (Phi) is 5.85. The van der Waals surface area contributed by atoms with Gasteiger partial charge in [0, 0.05) is 31.7 Å². The van der Waals surface area contributed by atoms with Crippen LogP contribution in [0.25, 0.3) is 22.4 Å². The average molecular weight is 497 g/mol. The van der Waals surface area contributed by atoms with Gasteiger partial charge >= 0.3 is 0 Å². The Balaban J connectivity index is 1.42. The third-order valence-corrected chi connectivity index (χ3v) is 8.30. The van der Waals surface area contributed by atoms with Crippen LogP contribution in [-0.2, 0) is 10.0 Å². The maximum atomic E-state index is 13.6. The molecule has 0 N–H and O–H groups in total. The summed E-state index contributed by atoms with van der Waals surface area (Å²) in [4.78, 5) is 19.8. The molecule has 2 aromatic heterocycles. The van der Waals surface area contributed by atoms with E-state index in [2.05, 4.69) is 10.1 Å². The van der Waals surface area contributed by atoms with Crippen molar-refractivity contribution in [2.45, 2.75) is 11.8 Å². The largest absolute Gasteiger partial charge is 0.336 e. The molecule has 3 heterocycles. The number of halogens is 1. The first-order valence-electron chi connectivity index (χ1n) is 10.7. The standard InChI is InChI=1S/C24H21ClN4O4S/c1-16-22-18(15-20(26-23(22)33-27-16)17-7-3-2-4-8-17)24(30)28-11-13-29(14-12-28)34(31,32)21-10-6-5-9-19(21)25/h2-10,15H,11-14H2,1H3. The number of carbonyl (C=O) groups is 1. The van der Waals surface area contributed by atoms with E-state index >= 15 is 0 Å². The fraction of sp³-hybridized carbons (Fsp3) is 0.208. The van der Waals surface area contributed by atoms with Crippen molar-refractivity contribution in [3.8, 4) is 11.3 Å². The predicted octanol–water partition coefficient (Wildman–Crippen LogP) is 4.00. The number of nitrogens with zero attached hydrogens (tertiary/aromatic N) is 4. The summed E-state index contributed by atoms with van der Waals surface area (Å²) in [5.74, 6) is -0.217.